The molecule has 0 radical (unpaired) electrons. The number of aromatic carboxylic acids is 1. The van der Waals surface area contributed by atoms with Crippen molar-refractivity contribution in [1.29, 1.82) is 0 Å². The highest BCUT2D eigenvalue weighted by molar-refractivity contribution is 5.98. The van der Waals surface area contributed by atoms with Crippen LogP contribution < -0.4 is 15.4 Å². The summed E-state index contributed by atoms with van der Waals surface area (Å²) in [6.45, 7) is 2.03. The van der Waals surface area contributed by atoms with Crippen LogP contribution in [-0.2, 0) is 9.53 Å². The van der Waals surface area contributed by atoms with Gasteiger partial charge in [0.1, 0.15) is 11.9 Å². The van der Waals surface area contributed by atoms with Crippen LogP contribution in [0.4, 0.5) is 30.2 Å². The van der Waals surface area contributed by atoms with E-state index in [1.54, 1.807) is 13.0 Å². The smallest absolute Gasteiger partial charge is 0.478 e. The maximum atomic E-state index is 12.6. The quantitative estimate of drug-likeness (QED) is 0.634. The third kappa shape index (κ3) is 5.20. The normalized spacial score (nSPS) is 16.2. The fourth-order valence-corrected chi connectivity index (χ4v) is 3.08. The molecule has 7 nitrogen and oxygen atoms in total. The lowest BCUT2D eigenvalue weighted by Gasteiger charge is -2.18. The first-order chi connectivity index (χ1) is 14.1. The van der Waals surface area contributed by atoms with Crippen molar-refractivity contribution in [3.63, 3.8) is 0 Å². The number of carbonyl (C=O) groups is 2. The molecule has 0 spiro atoms. The van der Waals surface area contributed by atoms with Crippen LogP contribution in [0.5, 0.6) is 5.75 Å². The summed E-state index contributed by atoms with van der Waals surface area (Å²) >= 11 is 0. The number of halogens is 3. The fourth-order valence-electron chi connectivity index (χ4n) is 3.08. The SMILES string of the molecule is Cc1c(Nc2ccc(OC(F)(F)F)cc2NC(=O)[C@H]2CCCO2)cccc1C(=O)O. The van der Waals surface area contributed by atoms with Crippen LogP contribution in [0.3, 0.4) is 0 Å². The second-order valence-electron chi connectivity index (χ2n) is 6.65. The molecule has 3 N–H and O–H groups in total. The molecule has 0 saturated carbocycles. The molecule has 0 aromatic heterocycles. The monoisotopic (exact) mass is 424 g/mol. The molecule has 1 saturated heterocycles. The molecular weight excluding hydrogens is 405 g/mol. The van der Waals surface area contributed by atoms with Crippen molar-refractivity contribution >= 4 is 28.9 Å². The van der Waals surface area contributed by atoms with Crippen molar-refractivity contribution in [1.82, 2.24) is 0 Å². The van der Waals surface area contributed by atoms with Gasteiger partial charge in [-0.25, -0.2) is 4.79 Å². The van der Waals surface area contributed by atoms with Crippen molar-refractivity contribution in [2.75, 3.05) is 17.2 Å². The van der Waals surface area contributed by atoms with E-state index >= 15 is 0 Å². The zero-order chi connectivity index (χ0) is 21.9. The van der Waals surface area contributed by atoms with Crippen molar-refractivity contribution < 1.29 is 37.3 Å². The number of carbonyl (C=O) groups excluding carboxylic acids is 1. The molecule has 2 aromatic carbocycles. The molecule has 2 aromatic rings. The Labute approximate surface area is 169 Å². The number of carboxylic acids is 1. The molecule has 3 rings (SSSR count). The molecule has 1 heterocycles. The second-order valence-corrected chi connectivity index (χ2v) is 6.65. The Kier molecular flexibility index (Phi) is 6.16. The van der Waals surface area contributed by atoms with E-state index in [2.05, 4.69) is 15.4 Å². The van der Waals surface area contributed by atoms with Gasteiger partial charge in [0.15, 0.2) is 0 Å². The third-order valence-electron chi connectivity index (χ3n) is 4.54. The highest BCUT2D eigenvalue weighted by atomic mass is 19.4. The maximum Gasteiger partial charge on any atom is 0.573 e. The molecule has 1 atom stereocenters. The number of anilines is 3. The minimum Gasteiger partial charge on any atom is -0.478 e. The van der Waals surface area contributed by atoms with E-state index in [1.807, 2.05) is 0 Å². The van der Waals surface area contributed by atoms with Gasteiger partial charge in [-0.15, -0.1) is 13.2 Å². The Morgan fingerprint density at radius 2 is 1.93 bits per heavy atom. The summed E-state index contributed by atoms with van der Waals surface area (Å²) in [7, 11) is 0. The van der Waals surface area contributed by atoms with Gasteiger partial charge in [0, 0.05) is 18.4 Å². The molecule has 0 aliphatic carbocycles. The Morgan fingerprint density at radius 1 is 1.17 bits per heavy atom. The number of benzene rings is 2. The highest BCUT2D eigenvalue weighted by Crippen LogP contribution is 2.34. The van der Waals surface area contributed by atoms with Gasteiger partial charge < -0.3 is 25.2 Å². The Hall–Kier alpha value is -3.27. The summed E-state index contributed by atoms with van der Waals surface area (Å²) in [6.07, 6.45) is -4.37. The van der Waals surface area contributed by atoms with E-state index in [4.69, 9.17) is 4.74 Å². The van der Waals surface area contributed by atoms with Crippen LogP contribution in [0.25, 0.3) is 0 Å². The third-order valence-corrected chi connectivity index (χ3v) is 4.54. The van der Waals surface area contributed by atoms with Gasteiger partial charge in [-0.1, -0.05) is 6.07 Å². The first-order valence-electron chi connectivity index (χ1n) is 9.06. The Balaban J connectivity index is 1.93. The van der Waals surface area contributed by atoms with Crippen molar-refractivity contribution in [3.05, 3.63) is 47.5 Å². The molecule has 1 fully saturated rings. The first-order valence-corrected chi connectivity index (χ1v) is 9.06. The minimum atomic E-state index is -4.89. The topological polar surface area (TPSA) is 96.9 Å². The van der Waals surface area contributed by atoms with Crippen molar-refractivity contribution in [3.8, 4) is 5.75 Å². The van der Waals surface area contributed by atoms with E-state index in [0.717, 1.165) is 12.1 Å². The van der Waals surface area contributed by atoms with E-state index in [9.17, 15) is 27.9 Å². The van der Waals surface area contributed by atoms with Gasteiger partial charge in [0.25, 0.3) is 5.91 Å². The molecule has 0 bridgehead atoms. The minimum absolute atomic E-state index is 0.0392. The van der Waals surface area contributed by atoms with E-state index < -0.39 is 30.1 Å². The lowest BCUT2D eigenvalue weighted by atomic mass is 10.1. The number of hydrogen-bond donors (Lipinski definition) is 3. The number of nitrogens with one attached hydrogen (secondary N) is 2. The molecule has 1 amide bonds. The van der Waals surface area contributed by atoms with Crippen LogP contribution in [0, 0.1) is 6.92 Å². The fraction of sp³-hybridized carbons (Fsp3) is 0.300. The second kappa shape index (κ2) is 8.62. The Morgan fingerprint density at radius 3 is 2.57 bits per heavy atom. The van der Waals surface area contributed by atoms with Crippen molar-refractivity contribution in [2.24, 2.45) is 0 Å². The van der Waals surface area contributed by atoms with Gasteiger partial charge in [0.05, 0.1) is 16.9 Å². The van der Waals surface area contributed by atoms with E-state index in [-0.39, 0.29) is 16.9 Å². The van der Waals surface area contributed by atoms with Gasteiger partial charge in [-0.3, -0.25) is 4.79 Å². The standard InChI is InChI=1S/C20H19F3N2O5/c1-11-13(19(27)28)4-2-5-14(11)24-15-8-7-12(30-20(21,22)23)10-16(15)25-18(26)17-6-3-9-29-17/h2,4-5,7-8,10,17,24H,3,6,9H2,1H3,(H,25,26)(H,27,28)/t17-/m1/s1. The predicted octanol–water partition coefficient (Wildman–Crippen LogP) is 4.45. The number of ether oxygens (including phenoxy) is 2. The van der Waals surface area contributed by atoms with Gasteiger partial charge in [-0.05, 0) is 49.6 Å². The average Bonchev–Trinajstić information content (AvgIpc) is 3.18. The molecule has 1 aliphatic rings. The molecule has 30 heavy (non-hydrogen) atoms. The first kappa shape index (κ1) is 21.4. The number of hydrogen-bond acceptors (Lipinski definition) is 5. The van der Waals surface area contributed by atoms with Gasteiger partial charge in [-0.2, -0.15) is 0 Å². The van der Waals surface area contributed by atoms with Gasteiger partial charge in [0.2, 0.25) is 0 Å². The lowest BCUT2D eigenvalue weighted by Crippen LogP contribution is -2.27. The Bertz CT molecular complexity index is 956. The molecule has 0 unspecified atom stereocenters. The number of rotatable bonds is 6. The van der Waals surface area contributed by atoms with Crippen LogP contribution in [0.1, 0.15) is 28.8 Å². The lowest BCUT2D eigenvalue weighted by molar-refractivity contribution is -0.274. The maximum absolute atomic E-state index is 12.6. The summed E-state index contributed by atoms with van der Waals surface area (Å²) in [6, 6.07) is 8.02. The number of alkyl halides is 3. The van der Waals surface area contributed by atoms with Crippen LogP contribution in [-0.4, -0.2) is 36.1 Å². The highest BCUT2D eigenvalue weighted by Gasteiger charge is 2.31. The summed E-state index contributed by atoms with van der Waals surface area (Å²) in [5.41, 5.74) is 1.23. The van der Waals surface area contributed by atoms with E-state index in [0.29, 0.717) is 30.7 Å². The summed E-state index contributed by atoms with van der Waals surface area (Å²) in [5, 5.41) is 14.8. The number of carboxylic acid groups (broad SMARTS) is 1. The van der Waals surface area contributed by atoms with Gasteiger partial charge >= 0.3 is 12.3 Å². The largest absolute Gasteiger partial charge is 0.573 e. The molecule has 1 aliphatic heterocycles. The van der Waals surface area contributed by atoms with Crippen LogP contribution in [0.2, 0.25) is 0 Å². The molecule has 160 valence electrons. The summed E-state index contributed by atoms with van der Waals surface area (Å²) in [5.74, 6) is -2.11. The predicted molar refractivity (Wildman–Crippen MR) is 102 cm³/mol. The van der Waals surface area contributed by atoms with Crippen LogP contribution in [0.15, 0.2) is 36.4 Å². The number of amides is 1. The van der Waals surface area contributed by atoms with E-state index in [1.165, 1.54) is 18.2 Å². The van der Waals surface area contributed by atoms with Crippen molar-refractivity contribution in [2.45, 2.75) is 32.2 Å². The molecular formula is C20H19F3N2O5. The zero-order valence-electron chi connectivity index (χ0n) is 15.9. The van der Waals surface area contributed by atoms with Crippen LogP contribution >= 0.6 is 0 Å². The summed E-state index contributed by atoms with van der Waals surface area (Å²) in [4.78, 5) is 23.8. The zero-order valence-corrected chi connectivity index (χ0v) is 15.9. The molecule has 10 heteroatoms. The summed E-state index contributed by atoms with van der Waals surface area (Å²) < 4.78 is 47.1. The average molecular weight is 424 g/mol.